The van der Waals surface area contributed by atoms with Gasteiger partial charge in [0.05, 0.1) is 13.1 Å². The minimum atomic E-state index is -0.554. The van der Waals surface area contributed by atoms with Crippen LogP contribution in [0.25, 0.3) is 0 Å². The van der Waals surface area contributed by atoms with Gasteiger partial charge in [-0.1, -0.05) is 351 Å². The van der Waals surface area contributed by atoms with Crippen molar-refractivity contribution in [3.8, 4) is 0 Å². The molecule has 720 valence electrons. The van der Waals surface area contributed by atoms with E-state index in [1.807, 2.05) is 4.90 Å². The van der Waals surface area contributed by atoms with E-state index < -0.39 is 10.9 Å². The second kappa shape index (κ2) is 86.9. The molecule has 1 aromatic rings. The molecule has 0 spiro atoms. The highest BCUT2D eigenvalue weighted by Gasteiger charge is 2.23. The van der Waals surface area contributed by atoms with Crippen LogP contribution in [-0.4, -0.2) is 154 Å². The highest BCUT2D eigenvalue weighted by molar-refractivity contribution is 5.81. The number of amides is 2. The van der Waals surface area contributed by atoms with Gasteiger partial charge in [0.25, 0.3) is 10.9 Å². The van der Waals surface area contributed by atoms with E-state index in [1.54, 1.807) is 7.05 Å². The predicted molar refractivity (Wildman–Crippen MR) is 521 cm³/mol. The first-order valence-electron chi connectivity index (χ1n) is 53.2. The van der Waals surface area contributed by atoms with Gasteiger partial charge in [-0.05, 0) is 154 Å². The summed E-state index contributed by atoms with van der Waals surface area (Å²) in [5, 5.41) is 12.3. The maximum absolute atomic E-state index is 14.1. The number of hydrogen-bond acceptors (Lipinski definition) is 16. The Labute approximate surface area is 756 Å². The highest BCUT2D eigenvalue weighted by Crippen LogP contribution is 2.26. The van der Waals surface area contributed by atoms with Crippen LogP contribution in [0, 0.1) is 5.92 Å². The van der Waals surface area contributed by atoms with E-state index in [-0.39, 0.29) is 72.5 Å². The summed E-state index contributed by atoms with van der Waals surface area (Å²) < 4.78 is 18.2. The summed E-state index contributed by atoms with van der Waals surface area (Å²) in [4.78, 5) is 113. The van der Waals surface area contributed by atoms with E-state index in [1.165, 1.54) is 244 Å². The van der Waals surface area contributed by atoms with E-state index in [9.17, 15) is 38.4 Å². The molecule has 0 aliphatic carbocycles. The van der Waals surface area contributed by atoms with Crippen LogP contribution in [0.5, 0.6) is 0 Å². The Morgan fingerprint density at radius 1 is 0.276 bits per heavy atom. The van der Waals surface area contributed by atoms with Crippen molar-refractivity contribution in [1.29, 1.82) is 0 Å². The first kappa shape index (κ1) is 117. The smallest absolute Gasteiger partial charge is 0.306 e. The van der Waals surface area contributed by atoms with Gasteiger partial charge in [-0.2, -0.15) is 0 Å². The SMILES string of the molecule is CCCCCCCCCCC(CC)OC(=O)CCCCCN(CCCCCCCC(=O)CC(CCCCCCCC)CCCCCCCC)CCNC(=O)CN(CCCNc1c(NC)c(=O)c1=O)CC(=O)NCCN(CCCCCCCC(=O)OC(CCCCCCCC)CCCCCCCC)CCCCCC(=O)OC(CC)CCCCCCCCCC. The van der Waals surface area contributed by atoms with Crippen LogP contribution in [0.15, 0.2) is 9.59 Å². The molecule has 0 saturated carbocycles. The molecule has 2 atom stereocenters. The Balaban J connectivity index is 3.19. The topological polar surface area (TPSA) is 222 Å². The van der Waals surface area contributed by atoms with Crippen LogP contribution in [0.3, 0.4) is 0 Å². The molecule has 0 heterocycles. The van der Waals surface area contributed by atoms with Crippen LogP contribution in [0.4, 0.5) is 11.4 Å². The zero-order valence-corrected chi connectivity index (χ0v) is 82.1. The Kier molecular flexibility index (Phi) is 82.4. The molecule has 18 heteroatoms. The monoisotopic (exact) mass is 1730 g/mol. The van der Waals surface area contributed by atoms with Crippen molar-refractivity contribution in [1.82, 2.24) is 25.3 Å². The zero-order chi connectivity index (χ0) is 89.7. The van der Waals surface area contributed by atoms with Crippen molar-refractivity contribution in [2.45, 2.75) is 523 Å². The number of Topliss-reactive ketones (excluding diaryl/α,β-unsaturated/α-hetero) is 1. The van der Waals surface area contributed by atoms with Crippen LogP contribution in [0.2, 0.25) is 0 Å². The van der Waals surface area contributed by atoms with Gasteiger partial charge in [-0.15, -0.1) is 0 Å². The first-order chi connectivity index (χ1) is 60.1. The van der Waals surface area contributed by atoms with Crippen molar-refractivity contribution >= 4 is 46.9 Å². The molecule has 0 aliphatic heterocycles. The number of esters is 3. The molecule has 2 amide bonds. The van der Waals surface area contributed by atoms with Crippen LogP contribution >= 0.6 is 0 Å². The minimum Gasteiger partial charge on any atom is -0.462 e. The summed E-state index contributed by atoms with van der Waals surface area (Å²) in [6.45, 7) is 24.2. The van der Waals surface area contributed by atoms with Crippen LogP contribution in [0.1, 0.15) is 505 Å². The van der Waals surface area contributed by atoms with Gasteiger partial charge in [-0.25, -0.2) is 0 Å². The summed E-state index contributed by atoms with van der Waals surface area (Å²) in [5.41, 5.74) is -0.570. The average Bonchev–Trinajstić information content (AvgIpc) is 0.788. The molecule has 18 nitrogen and oxygen atoms in total. The number of ketones is 1. The third kappa shape index (κ3) is 71.2. The number of nitrogens with zero attached hydrogens (tertiary/aromatic N) is 3. The van der Waals surface area contributed by atoms with E-state index in [2.05, 4.69) is 86.5 Å². The van der Waals surface area contributed by atoms with Gasteiger partial charge in [0.15, 0.2) is 0 Å². The molecule has 4 N–H and O–H groups in total. The molecular formula is C105H199N7O11. The van der Waals surface area contributed by atoms with Crippen molar-refractivity contribution in [2.24, 2.45) is 5.92 Å². The van der Waals surface area contributed by atoms with E-state index >= 15 is 0 Å². The Hall–Kier alpha value is -4.42. The lowest BCUT2D eigenvalue weighted by atomic mass is 9.89. The Morgan fingerprint density at radius 3 is 0.878 bits per heavy atom. The van der Waals surface area contributed by atoms with Gasteiger partial charge in [0.2, 0.25) is 11.8 Å². The summed E-state index contributed by atoms with van der Waals surface area (Å²) in [6.07, 6.45) is 76.8. The molecule has 1 rings (SSSR count). The largest absolute Gasteiger partial charge is 0.462 e. The molecule has 2 unspecified atom stereocenters. The average molecular weight is 1740 g/mol. The van der Waals surface area contributed by atoms with Gasteiger partial charge >= 0.3 is 17.9 Å². The fraction of sp³-hybridized carbons (Fsp3) is 0.905. The molecule has 0 bridgehead atoms. The molecule has 0 aliphatic rings. The number of carbonyl (C=O) groups excluding carboxylic acids is 6. The van der Waals surface area contributed by atoms with Gasteiger partial charge < -0.3 is 45.3 Å². The predicted octanol–water partition coefficient (Wildman–Crippen LogP) is 26.3. The molecule has 0 fully saturated rings. The van der Waals surface area contributed by atoms with Crippen molar-refractivity contribution in [2.75, 3.05) is 96.2 Å². The lowest BCUT2D eigenvalue weighted by molar-refractivity contribution is -0.150. The number of unbranched alkanes of at least 4 members (excludes halogenated alkanes) is 46. The maximum Gasteiger partial charge on any atom is 0.306 e. The fourth-order valence-corrected chi connectivity index (χ4v) is 17.5. The zero-order valence-electron chi connectivity index (χ0n) is 82.1. The molecule has 0 radical (unpaired) electrons. The number of ether oxygens (including phenoxy) is 3. The van der Waals surface area contributed by atoms with Crippen LogP contribution < -0.4 is 32.1 Å². The van der Waals surface area contributed by atoms with E-state index in [0.29, 0.717) is 83.1 Å². The van der Waals surface area contributed by atoms with Gasteiger partial charge in [0, 0.05) is 78.4 Å². The highest BCUT2D eigenvalue weighted by atomic mass is 16.6. The lowest BCUT2D eigenvalue weighted by Crippen LogP contribution is -2.46. The third-order valence-corrected chi connectivity index (χ3v) is 25.6. The quantitative estimate of drug-likeness (QED) is 0.0206. The normalized spacial score (nSPS) is 12.2. The molecule has 123 heavy (non-hydrogen) atoms. The number of hydrogen-bond donors (Lipinski definition) is 4. The van der Waals surface area contributed by atoms with E-state index in [4.69, 9.17) is 14.2 Å². The second-order valence-electron chi connectivity index (χ2n) is 37.2. The number of carbonyl (C=O) groups is 6. The van der Waals surface area contributed by atoms with Crippen molar-refractivity contribution in [3.05, 3.63) is 20.4 Å². The Morgan fingerprint density at radius 2 is 0.545 bits per heavy atom. The maximum atomic E-state index is 14.1. The number of nitrogens with one attached hydrogen (secondary N) is 4. The molecule has 1 aromatic carbocycles. The number of anilines is 2. The molecule has 0 aromatic heterocycles. The van der Waals surface area contributed by atoms with Gasteiger partial charge in [-0.3, -0.25) is 43.3 Å². The van der Waals surface area contributed by atoms with Crippen molar-refractivity contribution < 1.29 is 43.0 Å². The minimum absolute atomic E-state index is 0.00106. The summed E-state index contributed by atoms with van der Waals surface area (Å²) in [6, 6.07) is 0. The third-order valence-electron chi connectivity index (χ3n) is 25.6. The standard InChI is InChI=1S/C105H199N7O11/c1-10-18-24-30-36-38-47-57-72-94(16-7)121-99(116)77-62-52-66-84-110(82-64-50-40-44-56-71-93(113)89-92(69-54-42-32-26-20-12-3)70-55-43-33-27-21-13-4)87-80-107-97(114)90-112(86-68-79-109-103-102(106-9)104(119)105(103)120)91-98(115)108-81-88-111(85-67-53-63-78-100(117)122-95(17-8)73-58-48-39-37-31-25-19-11-2)83-65-51-41-49-61-76-101(118)123-96(74-59-45-34-28-22-14-5)75-60-46-35-29-23-15-6/h92,94-96,106,109H,10-91H2,1-9H3,(H,107,114)(H,108,115). The van der Waals surface area contributed by atoms with E-state index in [0.717, 1.165) is 200 Å². The second-order valence-corrected chi connectivity index (χ2v) is 37.2. The molecular weight excluding hydrogens is 1540 g/mol. The summed E-state index contributed by atoms with van der Waals surface area (Å²) in [7, 11) is 1.62. The number of rotatable bonds is 97. The summed E-state index contributed by atoms with van der Waals surface area (Å²) in [5.74, 6) is 0.379. The van der Waals surface area contributed by atoms with Gasteiger partial charge in [0.1, 0.15) is 35.5 Å². The molecule has 0 saturated heterocycles. The first-order valence-corrected chi connectivity index (χ1v) is 53.2. The van der Waals surface area contributed by atoms with Crippen LogP contribution in [-0.2, 0) is 43.0 Å². The Bertz CT molecular complexity index is 2500. The summed E-state index contributed by atoms with van der Waals surface area (Å²) >= 11 is 0. The lowest BCUT2D eigenvalue weighted by Gasteiger charge is -2.25. The van der Waals surface area contributed by atoms with Crippen molar-refractivity contribution in [3.63, 3.8) is 0 Å². The fourth-order valence-electron chi connectivity index (χ4n) is 17.5.